The second-order valence-corrected chi connectivity index (χ2v) is 3.41. The van der Waals surface area contributed by atoms with Crippen molar-refractivity contribution in [2.75, 3.05) is 19.1 Å². The van der Waals surface area contributed by atoms with Gasteiger partial charge in [-0.05, 0) is 19.4 Å². The molecule has 1 aromatic heterocycles. The Morgan fingerprint density at radius 3 is 2.44 bits per heavy atom. The van der Waals surface area contributed by atoms with E-state index >= 15 is 0 Å². The third-order valence-corrected chi connectivity index (χ3v) is 2.25. The van der Waals surface area contributed by atoms with Gasteiger partial charge >= 0.3 is 5.97 Å². The molecular formula is C11H19ClN2O2S2. The molecule has 0 fully saturated rings. The molecular weight excluding hydrogens is 292 g/mol. The molecule has 0 N–H and O–H groups in total. The van der Waals surface area contributed by atoms with Gasteiger partial charge in [-0.15, -0.1) is 0 Å². The highest BCUT2D eigenvalue weighted by molar-refractivity contribution is 7.98. The van der Waals surface area contributed by atoms with E-state index in [4.69, 9.17) is 16.3 Å². The van der Waals surface area contributed by atoms with Crippen molar-refractivity contribution in [1.82, 2.24) is 9.97 Å². The van der Waals surface area contributed by atoms with Gasteiger partial charge in [-0.25, -0.2) is 14.8 Å². The quantitative estimate of drug-likeness (QED) is 0.304. The molecule has 18 heavy (non-hydrogen) atoms. The Morgan fingerprint density at radius 2 is 2.06 bits per heavy atom. The lowest BCUT2D eigenvalue weighted by Crippen LogP contribution is -2.07. The maximum Gasteiger partial charge on any atom is 0.342 e. The average molecular weight is 311 g/mol. The van der Waals surface area contributed by atoms with Gasteiger partial charge in [0.15, 0.2) is 5.16 Å². The van der Waals surface area contributed by atoms with Crippen LogP contribution in [0.5, 0.6) is 0 Å². The van der Waals surface area contributed by atoms with Crippen LogP contribution >= 0.6 is 36.0 Å². The van der Waals surface area contributed by atoms with Gasteiger partial charge < -0.3 is 4.74 Å². The molecule has 0 aliphatic carbocycles. The number of rotatable bonds is 3. The molecule has 0 atom stereocenters. The Hall–Kier alpha value is -0.460. The minimum Gasteiger partial charge on any atom is -0.462 e. The van der Waals surface area contributed by atoms with E-state index in [2.05, 4.69) is 22.6 Å². The molecule has 1 heterocycles. The topological polar surface area (TPSA) is 52.1 Å². The zero-order valence-corrected chi connectivity index (χ0v) is 13.7. The fourth-order valence-electron chi connectivity index (χ4n) is 0.790. The molecule has 0 spiro atoms. The Bertz CT molecular complexity index is 352. The number of thioether (sulfide) groups is 1. The molecule has 0 radical (unpaired) electrons. The highest BCUT2D eigenvalue weighted by atomic mass is 35.5. The molecule has 7 heteroatoms. The molecule has 0 saturated heterocycles. The van der Waals surface area contributed by atoms with Gasteiger partial charge in [0, 0.05) is 6.20 Å². The standard InChI is InChI=1S/C8H9ClN2O2S.C2H6.CH4S/c1-3-13-7(12)5-4-10-8(14-2)11-6(5)9;2*1-2/h4H,3H2,1-2H3;1-2H3;2H,1H3. The van der Waals surface area contributed by atoms with E-state index < -0.39 is 5.97 Å². The van der Waals surface area contributed by atoms with Crippen molar-refractivity contribution in [2.24, 2.45) is 0 Å². The first-order chi connectivity index (χ1) is 8.69. The summed E-state index contributed by atoms with van der Waals surface area (Å²) in [6.07, 6.45) is 4.90. The molecule has 0 amide bonds. The average Bonchev–Trinajstić information content (AvgIpc) is 2.43. The van der Waals surface area contributed by atoms with E-state index in [1.165, 1.54) is 18.0 Å². The SMILES string of the molecule is CC.CCOC(=O)c1cnc(SC)nc1Cl.CS. The molecule has 104 valence electrons. The Balaban J connectivity index is 0. The Labute approximate surface area is 123 Å². The number of aromatic nitrogens is 2. The predicted molar refractivity (Wildman–Crippen MR) is 81.0 cm³/mol. The van der Waals surface area contributed by atoms with E-state index in [1.807, 2.05) is 20.1 Å². The third-order valence-electron chi connectivity index (χ3n) is 1.40. The number of halogens is 1. The van der Waals surface area contributed by atoms with Crippen molar-refractivity contribution in [3.8, 4) is 0 Å². The molecule has 1 rings (SSSR count). The van der Waals surface area contributed by atoms with Gasteiger partial charge in [0.25, 0.3) is 0 Å². The van der Waals surface area contributed by atoms with Crippen LogP contribution in [-0.2, 0) is 4.74 Å². The van der Waals surface area contributed by atoms with Crippen LogP contribution in [0.4, 0.5) is 0 Å². The summed E-state index contributed by atoms with van der Waals surface area (Å²) in [6.45, 7) is 6.03. The summed E-state index contributed by atoms with van der Waals surface area (Å²) in [4.78, 5) is 19.1. The zero-order chi connectivity index (χ0) is 14.6. The summed E-state index contributed by atoms with van der Waals surface area (Å²) in [7, 11) is 0. The lowest BCUT2D eigenvalue weighted by Gasteiger charge is -2.03. The monoisotopic (exact) mass is 310 g/mol. The van der Waals surface area contributed by atoms with Gasteiger partial charge in [-0.1, -0.05) is 37.2 Å². The number of thiol groups is 1. The molecule has 0 saturated carbocycles. The lowest BCUT2D eigenvalue weighted by molar-refractivity contribution is 0.0525. The van der Waals surface area contributed by atoms with Crippen molar-refractivity contribution >= 4 is 42.0 Å². The number of carbonyl (C=O) groups excluding carboxylic acids is 1. The summed E-state index contributed by atoms with van der Waals surface area (Å²) in [5.74, 6) is -0.495. The van der Waals surface area contributed by atoms with Gasteiger partial charge in [0.05, 0.1) is 6.61 Å². The first kappa shape index (κ1) is 19.9. The summed E-state index contributed by atoms with van der Waals surface area (Å²) in [5, 5.41) is 0.658. The van der Waals surface area contributed by atoms with Crippen LogP contribution in [0.2, 0.25) is 5.15 Å². The minimum atomic E-state index is -0.495. The van der Waals surface area contributed by atoms with E-state index in [-0.39, 0.29) is 10.7 Å². The van der Waals surface area contributed by atoms with E-state index in [0.717, 1.165) is 0 Å². The second-order valence-electron chi connectivity index (χ2n) is 2.28. The van der Waals surface area contributed by atoms with Crippen molar-refractivity contribution in [3.63, 3.8) is 0 Å². The third kappa shape index (κ3) is 7.08. The van der Waals surface area contributed by atoms with Crippen LogP contribution in [0.3, 0.4) is 0 Å². The van der Waals surface area contributed by atoms with Crippen LogP contribution in [0, 0.1) is 0 Å². The molecule has 0 aromatic carbocycles. The van der Waals surface area contributed by atoms with Crippen LogP contribution in [-0.4, -0.2) is 35.1 Å². The maximum atomic E-state index is 11.3. The van der Waals surface area contributed by atoms with Crippen LogP contribution in [0.25, 0.3) is 0 Å². The molecule has 0 bridgehead atoms. The van der Waals surface area contributed by atoms with Crippen molar-refractivity contribution < 1.29 is 9.53 Å². The van der Waals surface area contributed by atoms with Gasteiger partial charge in [-0.2, -0.15) is 12.6 Å². The normalized spacial score (nSPS) is 8.39. The molecule has 4 nitrogen and oxygen atoms in total. The van der Waals surface area contributed by atoms with Gasteiger partial charge in [0.2, 0.25) is 0 Å². The lowest BCUT2D eigenvalue weighted by atomic mass is 10.3. The molecule has 0 unspecified atom stereocenters. The van der Waals surface area contributed by atoms with Crippen LogP contribution in [0.15, 0.2) is 11.4 Å². The van der Waals surface area contributed by atoms with Crippen molar-refractivity contribution in [2.45, 2.75) is 25.9 Å². The maximum absolute atomic E-state index is 11.3. The van der Waals surface area contributed by atoms with Crippen LogP contribution in [0.1, 0.15) is 31.1 Å². The summed E-state index contributed by atoms with van der Waals surface area (Å²) < 4.78 is 4.77. The van der Waals surface area contributed by atoms with E-state index in [9.17, 15) is 4.79 Å². The largest absolute Gasteiger partial charge is 0.462 e. The summed E-state index contributed by atoms with van der Waals surface area (Å²) in [5.41, 5.74) is 0.200. The highest BCUT2D eigenvalue weighted by Crippen LogP contribution is 2.17. The Kier molecular flexibility index (Phi) is 14.3. The second kappa shape index (κ2) is 13.0. The Morgan fingerprint density at radius 1 is 1.50 bits per heavy atom. The number of hydrogen-bond donors (Lipinski definition) is 1. The van der Waals surface area contributed by atoms with Crippen molar-refractivity contribution in [3.05, 3.63) is 16.9 Å². The molecule has 1 aromatic rings. The first-order valence-corrected chi connectivity index (χ1v) is 7.87. The first-order valence-electron chi connectivity index (χ1n) is 5.37. The number of esters is 1. The summed E-state index contributed by atoms with van der Waals surface area (Å²) in [6, 6.07) is 0. The van der Waals surface area contributed by atoms with Gasteiger partial charge in [-0.3, -0.25) is 0 Å². The molecule has 0 aliphatic heterocycles. The zero-order valence-electron chi connectivity index (χ0n) is 11.2. The van der Waals surface area contributed by atoms with Gasteiger partial charge in [0.1, 0.15) is 10.7 Å². The van der Waals surface area contributed by atoms with E-state index in [0.29, 0.717) is 11.8 Å². The number of ether oxygens (including phenoxy) is 1. The highest BCUT2D eigenvalue weighted by Gasteiger charge is 2.13. The smallest absolute Gasteiger partial charge is 0.342 e. The summed E-state index contributed by atoms with van der Waals surface area (Å²) >= 11 is 10.7. The van der Waals surface area contributed by atoms with Crippen LogP contribution < -0.4 is 0 Å². The fourth-order valence-corrected chi connectivity index (χ4v) is 1.39. The number of carbonyl (C=O) groups is 1. The predicted octanol–water partition coefficient (Wildman–Crippen LogP) is 3.60. The fraction of sp³-hybridized carbons (Fsp3) is 0.545. The van der Waals surface area contributed by atoms with Crippen molar-refractivity contribution in [1.29, 1.82) is 0 Å². The molecule has 0 aliphatic rings. The minimum absolute atomic E-state index is 0.128. The number of nitrogens with zero attached hydrogens (tertiary/aromatic N) is 2. The number of hydrogen-bond acceptors (Lipinski definition) is 6. The van der Waals surface area contributed by atoms with E-state index in [1.54, 1.807) is 13.2 Å².